The summed E-state index contributed by atoms with van der Waals surface area (Å²) in [6.07, 6.45) is 11.3. The van der Waals surface area contributed by atoms with Crippen LogP contribution in [-0.2, 0) is 0 Å². The van der Waals surface area contributed by atoms with E-state index in [1.54, 1.807) is 0 Å². The van der Waals surface area contributed by atoms with Crippen molar-refractivity contribution >= 4 is 0 Å². The van der Waals surface area contributed by atoms with Crippen molar-refractivity contribution < 1.29 is 0 Å². The van der Waals surface area contributed by atoms with Gasteiger partial charge in [0.1, 0.15) is 0 Å². The molecule has 0 heterocycles. The van der Waals surface area contributed by atoms with E-state index in [1.807, 2.05) is 12.2 Å². The Balaban J connectivity index is 2.40. The van der Waals surface area contributed by atoms with Crippen molar-refractivity contribution in [3.8, 4) is 0 Å². The minimum absolute atomic E-state index is 0.729. The Labute approximate surface area is 82.0 Å². The van der Waals surface area contributed by atoms with Crippen molar-refractivity contribution in [2.45, 2.75) is 32.6 Å². The molecule has 0 amide bonds. The van der Waals surface area contributed by atoms with Crippen LogP contribution in [0.2, 0.25) is 0 Å². The molecule has 13 heavy (non-hydrogen) atoms. The van der Waals surface area contributed by atoms with E-state index in [4.69, 9.17) is 0 Å². The van der Waals surface area contributed by atoms with Gasteiger partial charge in [-0.3, -0.25) is 0 Å². The summed E-state index contributed by atoms with van der Waals surface area (Å²) in [5.41, 5.74) is 1.28. The fraction of sp³-hybridized carbons (Fsp3) is 0.538. The van der Waals surface area contributed by atoms with Crippen molar-refractivity contribution in [2.24, 2.45) is 11.8 Å². The van der Waals surface area contributed by atoms with E-state index >= 15 is 0 Å². The minimum Gasteiger partial charge on any atom is -0.0991 e. The van der Waals surface area contributed by atoms with E-state index in [-0.39, 0.29) is 0 Å². The summed E-state index contributed by atoms with van der Waals surface area (Å²) >= 11 is 0. The lowest BCUT2D eigenvalue weighted by molar-refractivity contribution is 0.324. The molecule has 0 aromatic heterocycles. The summed E-state index contributed by atoms with van der Waals surface area (Å²) < 4.78 is 0. The number of hydrogen-bond acceptors (Lipinski definition) is 0. The van der Waals surface area contributed by atoms with Gasteiger partial charge in [0, 0.05) is 0 Å². The molecular weight excluding hydrogens is 156 g/mol. The normalized spacial score (nSPS) is 29.0. The van der Waals surface area contributed by atoms with Gasteiger partial charge in [-0.05, 0) is 24.7 Å². The quantitative estimate of drug-likeness (QED) is 0.568. The van der Waals surface area contributed by atoms with Gasteiger partial charge in [0.05, 0.1) is 0 Å². The van der Waals surface area contributed by atoms with Gasteiger partial charge in [-0.15, -0.1) is 0 Å². The van der Waals surface area contributed by atoms with Gasteiger partial charge < -0.3 is 0 Å². The van der Waals surface area contributed by atoms with Crippen molar-refractivity contribution in [1.82, 2.24) is 0 Å². The van der Waals surface area contributed by atoms with Crippen LogP contribution in [0.1, 0.15) is 32.6 Å². The fourth-order valence-electron chi connectivity index (χ4n) is 1.96. The summed E-state index contributed by atoms with van der Waals surface area (Å²) in [4.78, 5) is 0. The molecule has 0 unspecified atom stereocenters. The molecule has 0 nitrogen and oxygen atoms in total. The van der Waals surface area contributed by atoms with Gasteiger partial charge in [-0.25, -0.2) is 0 Å². The van der Waals surface area contributed by atoms with Gasteiger partial charge in [0.25, 0.3) is 0 Å². The molecule has 0 spiro atoms. The molecule has 0 heteroatoms. The molecule has 0 radical (unpaired) electrons. The lowest BCUT2D eigenvalue weighted by atomic mass is 9.79. The first-order valence-electron chi connectivity index (χ1n) is 5.22. The van der Waals surface area contributed by atoms with E-state index in [2.05, 4.69) is 26.2 Å². The largest absolute Gasteiger partial charge is 0.0991 e. The summed E-state index contributed by atoms with van der Waals surface area (Å²) in [6.45, 7) is 10.1. The maximum Gasteiger partial charge on any atom is -0.0168 e. The van der Waals surface area contributed by atoms with Crippen molar-refractivity contribution in [3.63, 3.8) is 0 Å². The standard InChI is InChI=1S/C13H20/c1-4-5-6-12(3)13-9-7-11(2)8-10-13/h4-6,11,13H,1,3,7-10H2,2H3/b6-5-. The van der Waals surface area contributed by atoms with Gasteiger partial charge in [-0.1, -0.05) is 56.7 Å². The minimum atomic E-state index is 0.729. The molecular formula is C13H20. The highest BCUT2D eigenvalue weighted by molar-refractivity contribution is 5.21. The highest BCUT2D eigenvalue weighted by atomic mass is 14.2. The third-order valence-electron chi connectivity index (χ3n) is 2.99. The Morgan fingerprint density at radius 1 is 1.23 bits per heavy atom. The Hall–Kier alpha value is -0.780. The third kappa shape index (κ3) is 3.22. The molecule has 0 bridgehead atoms. The molecule has 1 aliphatic carbocycles. The maximum absolute atomic E-state index is 4.11. The lowest BCUT2D eigenvalue weighted by Gasteiger charge is -2.26. The summed E-state index contributed by atoms with van der Waals surface area (Å²) in [5.74, 6) is 1.65. The Bertz CT molecular complexity index is 202. The average molecular weight is 176 g/mol. The van der Waals surface area contributed by atoms with E-state index in [9.17, 15) is 0 Å². The van der Waals surface area contributed by atoms with Crippen molar-refractivity contribution in [1.29, 1.82) is 0 Å². The molecule has 1 saturated carbocycles. The maximum atomic E-state index is 4.11. The Morgan fingerprint density at radius 2 is 1.85 bits per heavy atom. The molecule has 1 aliphatic rings. The summed E-state index contributed by atoms with van der Waals surface area (Å²) in [6, 6.07) is 0. The van der Waals surface area contributed by atoms with Crippen LogP contribution < -0.4 is 0 Å². The Morgan fingerprint density at radius 3 is 2.38 bits per heavy atom. The number of rotatable bonds is 3. The van der Waals surface area contributed by atoms with Crippen molar-refractivity contribution in [3.05, 3.63) is 37.0 Å². The smallest absolute Gasteiger partial charge is 0.0168 e. The fourth-order valence-corrected chi connectivity index (χ4v) is 1.96. The molecule has 1 rings (SSSR count). The van der Waals surface area contributed by atoms with E-state index < -0.39 is 0 Å². The Kier molecular flexibility index (Phi) is 4.01. The first-order chi connectivity index (χ1) is 6.24. The van der Waals surface area contributed by atoms with Gasteiger partial charge in [0.2, 0.25) is 0 Å². The molecule has 72 valence electrons. The first-order valence-corrected chi connectivity index (χ1v) is 5.22. The van der Waals surface area contributed by atoms with Crippen LogP contribution in [0.15, 0.2) is 37.0 Å². The van der Waals surface area contributed by atoms with Crippen LogP contribution in [-0.4, -0.2) is 0 Å². The highest BCUT2D eigenvalue weighted by Gasteiger charge is 2.18. The molecule has 0 aromatic carbocycles. The lowest BCUT2D eigenvalue weighted by Crippen LogP contribution is -2.12. The number of hydrogen-bond donors (Lipinski definition) is 0. The third-order valence-corrected chi connectivity index (χ3v) is 2.99. The zero-order valence-electron chi connectivity index (χ0n) is 8.63. The second-order valence-electron chi connectivity index (χ2n) is 4.13. The van der Waals surface area contributed by atoms with Crippen LogP contribution in [0.5, 0.6) is 0 Å². The van der Waals surface area contributed by atoms with Crippen LogP contribution in [0.4, 0.5) is 0 Å². The predicted octanol–water partition coefficient (Wildman–Crippen LogP) is 4.11. The van der Waals surface area contributed by atoms with E-state index in [0.717, 1.165) is 11.8 Å². The molecule has 1 fully saturated rings. The van der Waals surface area contributed by atoms with Gasteiger partial charge >= 0.3 is 0 Å². The molecule has 0 N–H and O–H groups in total. The van der Waals surface area contributed by atoms with Gasteiger partial charge in [0.15, 0.2) is 0 Å². The van der Waals surface area contributed by atoms with E-state index in [0.29, 0.717) is 0 Å². The second kappa shape index (κ2) is 5.06. The molecule has 0 aliphatic heterocycles. The van der Waals surface area contributed by atoms with Crippen LogP contribution in [0, 0.1) is 11.8 Å². The van der Waals surface area contributed by atoms with E-state index in [1.165, 1.54) is 31.3 Å². The number of allylic oxidation sites excluding steroid dienone is 4. The second-order valence-corrected chi connectivity index (χ2v) is 4.13. The monoisotopic (exact) mass is 176 g/mol. The topological polar surface area (TPSA) is 0 Å². The van der Waals surface area contributed by atoms with Crippen LogP contribution in [0.3, 0.4) is 0 Å². The predicted molar refractivity (Wildman–Crippen MR) is 59.6 cm³/mol. The zero-order valence-corrected chi connectivity index (χ0v) is 8.63. The molecule has 0 aromatic rings. The van der Waals surface area contributed by atoms with Crippen molar-refractivity contribution in [2.75, 3.05) is 0 Å². The average Bonchev–Trinajstić information content (AvgIpc) is 2.15. The van der Waals surface area contributed by atoms with Gasteiger partial charge in [-0.2, -0.15) is 0 Å². The SMILES string of the molecule is C=C/C=C\C(=C)C1CCC(C)CC1. The molecule has 0 saturated heterocycles. The molecule has 0 atom stereocenters. The van der Waals surface area contributed by atoms with Crippen LogP contribution in [0.25, 0.3) is 0 Å². The summed E-state index contributed by atoms with van der Waals surface area (Å²) in [7, 11) is 0. The zero-order chi connectivity index (χ0) is 9.68. The highest BCUT2D eigenvalue weighted by Crippen LogP contribution is 2.32. The first kappa shape index (κ1) is 10.3. The summed E-state index contributed by atoms with van der Waals surface area (Å²) in [5, 5.41) is 0. The van der Waals surface area contributed by atoms with Crippen LogP contribution >= 0.6 is 0 Å².